The van der Waals surface area contributed by atoms with Crippen molar-refractivity contribution in [2.75, 3.05) is 7.11 Å². The first-order valence-electron chi connectivity index (χ1n) is 6.39. The number of esters is 1. The second kappa shape index (κ2) is 5.65. The van der Waals surface area contributed by atoms with Crippen molar-refractivity contribution in [1.29, 1.82) is 0 Å². The number of carbonyl (C=O) groups excluding carboxylic acids is 1. The van der Waals surface area contributed by atoms with Gasteiger partial charge in [-0.1, -0.05) is 5.16 Å². The van der Waals surface area contributed by atoms with E-state index < -0.39 is 5.97 Å². The standard InChI is InChI=1S/C15H11N3O4/c1-21-15(20)10-6-4-9(5-7-10)14-17-12(18-22-14)11-3-2-8-16-13(11)19/h2-8H,1H3,(H,16,19). The number of ether oxygens (including phenoxy) is 1. The van der Waals surface area contributed by atoms with Crippen molar-refractivity contribution >= 4 is 5.97 Å². The van der Waals surface area contributed by atoms with E-state index in [0.29, 0.717) is 16.7 Å². The van der Waals surface area contributed by atoms with Crippen molar-refractivity contribution in [3.05, 3.63) is 58.5 Å². The second-order valence-electron chi connectivity index (χ2n) is 4.40. The molecule has 0 atom stereocenters. The summed E-state index contributed by atoms with van der Waals surface area (Å²) in [5, 5.41) is 3.80. The highest BCUT2D eigenvalue weighted by Crippen LogP contribution is 2.21. The number of methoxy groups -OCH3 is 1. The average Bonchev–Trinajstić information content (AvgIpc) is 3.04. The zero-order valence-electron chi connectivity index (χ0n) is 11.6. The molecule has 2 heterocycles. The summed E-state index contributed by atoms with van der Waals surface area (Å²) in [4.78, 5) is 29.8. The Morgan fingerprint density at radius 2 is 2.00 bits per heavy atom. The molecule has 0 saturated carbocycles. The summed E-state index contributed by atoms with van der Waals surface area (Å²) >= 11 is 0. The molecule has 0 amide bonds. The molecule has 22 heavy (non-hydrogen) atoms. The molecule has 2 aromatic heterocycles. The minimum atomic E-state index is -0.423. The monoisotopic (exact) mass is 297 g/mol. The Labute approximate surface area is 124 Å². The molecule has 3 rings (SSSR count). The number of benzene rings is 1. The van der Waals surface area contributed by atoms with Gasteiger partial charge in [0, 0.05) is 11.8 Å². The van der Waals surface area contributed by atoms with Gasteiger partial charge < -0.3 is 14.2 Å². The summed E-state index contributed by atoms with van der Waals surface area (Å²) in [7, 11) is 1.32. The third-order valence-corrected chi connectivity index (χ3v) is 3.04. The summed E-state index contributed by atoms with van der Waals surface area (Å²) in [5.41, 5.74) is 1.09. The lowest BCUT2D eigenvalue weighted by molar-refractivity contribution is 0.0601. The Morgan fingerprint density at radius 3 is 2.68 bits per heavy atom. The molecule has 1 N–H and O–H groups in total. The maximum atomic E-state index is 11.7. The normalized spacial score (nSPS) is 10.4. The third kappa shape index (κ3) is 2.51. The number of aromatic amines is 1. The van der Waals surface area contributed by atoms with Gasteiger partial charge in [-0.05, 0) is 36.4 Å². The van der Waals surface area contributed by atoms with E-state index in [-0.39, 0.29) is 17.3 Å². The van der Waals surface area contributed by atoms with Crippen LogP contribution in [0.25, 0.3) is 22.8 Å². The van der Waals surface area contributed by atoms with E-state index in [0.717, 1.165) is 0 Å². The van der Waals surface area contributed by atoms with Crippen LogP contribution in [0.4, 0.5) is 0 Å². The van der Waals surface area contributed by atoms with E-state index >= 15 is 0 Å². The fourth-order valence-corrected chi connectivity index (χ4v) is 1.91. The van der Waals surface area contributed by atoms with E-state index in [1.165, 1.54) is 13.3 Å². The summed E-state index contributed by atoms with van der Waals surface area (Å²) in [6.45, 7) is 0. The molecule has 3 aromatic rings. The smallest absolute Gasteiger partial charge is 0.337 e. The second-order valence-corrected chi connectivity index (χ2v) is 4.40. The van der Waals surface area contributed by atoms with Crippen LogP contribution in [0.15, 0.2) is 51.9 Å². The largest absolute Gasteiger partial charge is 0.465 e. The van der Waals surface area contributed by atoms with Gasteiger partial charge in [-0.3, -0.25) is 4.79 Å². The number of hydrogen-bond acceptors (Lipinski definition) is 6. The van der Waals surface area contributed by atoms with Crippen molar-refractivity contribution in [3.63, 3.8) is 0 Å². The van der Waals surface area contributed by atoms with Gasteiger partial charge in [0.25, 0.3) is 11.4 Å². The molecular formula is C15H11N3O4. The van der Waals surface area contributed by atoms with Crippen LogP contribution >= 0.6 is 0 Å². The number of H-pyrrole nitrogens is 1. The predicted molar refractivity (Wildman–Crippen MR) is 77.1 cm³/mol. The summed E-state index contributed by atoms with van der Waals surface area (Å²) in [5.74, 6) is 0.0390. The van der Waals surface area contributed by atoms with Crippen LogP contribution in [0, 0.1) is 0 Å². The lowest BCUT2D eigenvalue weighted by Crippen LogP contribution is -2.07. The molecule has 0 spiro atoms. The minimum Gasteiger partial charge on any atom is -0.465 e. The van der Waals surface area contributed by atoms with Crippen LogP contribution in [0.1, 0.15) is 10.4 Å². The molecule has 7 nitrogen and oxygen atoms in total. The molecule has 0 unspecified atom stereocenters. The molecule has 0 bridgehead atoms. The first-order chi connectivity index (χ1) is 10.7. The SMILES string of the molecule is COC(=O)c1ccc(-c2nc(-c3ccc[nH]c3=O)no2)cc1. The summed E-state index contributed by atoms with van der Waals surface area (Å²) in [6.07, 6.45) is 1.53. The van der Waals surface area contributed by atoms with E-state index in [9.17, 15) is 9.59 Å². The summed E-state index contributed by atoms with van der Waals surface area (Å²) in [6, 6.07) is 9.81. The Hall–Kier alpha value is -3.22. The number of rotatable bonds is 3. The minimum absolute atomic E-state index is 0.203. The van der Waals surface area contributed by atoms with Gasteiger partial charge in [0.15, 0.2) is 0 Å². The van der Waals surface area contributed by atoms with Crippen molar-refractivity contribution in [2.45, 2.75) is 0 Å². The van der Waals surface area contributed by atoms with E-state index in [1.807, 2.05) is 0 Å². The van der Waals surface area contributed by atoms with Gasteiger partial charge in [0.05, 0.1) is 18.2 Å². The van der Waals surface area contributed by atoms with Gasteiger partial charge in [0.1, 0.15) is 0 Å². The molecule has 7 heteroatoms. The fraction of sp³-hybridized carbons (Fsp3) is 0.0667. The van der Waals surface area contributed by atoms with Crippen LogP contribution in [0.3, 0.4) is 0 Å². The highest BCUT2D eigenvalue weighted by atomic mass is 16.5. The molecule has 110 valence electrons. The van der Waals surface area contributed by atoms with Crippen molar-refractivity contribution in [1.82, 2.24) is 15.1 Å². The maximum absolute atomic E-state index is 11.7. The number of pyridine rings is 1. The van der Waals surface area contributed by atoms with Crippen molar-refractivity contribution < 1.29 is 14.1 Å². The number of nitrogens with zero attached hydrogens (tertiary/aromatic N) is 2. The highest BCUT2D eigenvalue weighted by Gasteiger charge is 2.13. The van der Waals surface area contributed by atoms with Crippen molar-refractivity contribution in [3.8, 4) is 22.8 Å². The van der Waals surface area contributed by atoms with E-state index in [2.05, 4.69) is 19.9 Å². The molecule has 0 fully saturated rings. The number of nitrogens with one attached hydrogen (secondary N) is 1. The first-order valence-corrected chi connectivity index (χ1v) is 6.39. The number of hydrogen-bond donors (Lipinski definition) is 1. The Kier molecular flexibility index (Phi) is 3.53. The first kappa shape index (κ1) is 13.7. The zero-order chi connectivity index (χ0) is 15.5. The Balaban J connectivity index is 1.93. The van der Waals surface area contributed by atoms with Crippen LogP contribution in [0.5, 0.6) is 0 Å². The van der Waals surface area contributed by atoms with Gasteiger partial charge in [0.2, 0.25) is 5.82 Å². The topological polar surface area (TPSA) is 98.1 Å². The highest BCUT2D eigenvalue weighted by molar-refractivity contribution is 5.89. The number of aromatic nitrogens is 3. The maximum Gasteiger partial charge on any atom is 0.337 e. The van der Waals surface area contributed by atoms with E-state index in [4.69, 9.17) is 4.52 Å². The van der Waals surface area contributed by atoms with Crippen molar-refractivity contribution in [2.24, 2.45) is 0 Å². The van der Waals surface area contributed by atoms with E-state index in [1.54, 1.807) is 36.4 Å². The molecule has 0 aliphatic carbocycles. The molecule has 0 aliphatic heterocycles. The van der Waals surface area contributed by atoms with Crippen LogP contribution < -0.4 is 5.56 Å². The third-order valence-electron chi connectivity index (χ3n) is 3.04. The molecule has 1 aromatic carbocycles. The lowest BCUT2D eigenvalue weighted by atomic mass is 10.1. The van der Waals surface area contributed by atoms with Crippen LogP contribution in [-0.2, 0) is 4.74 Å². The molecule has 0 radical (unpaired) electrons. The predicted octanol–water partition coefficient (Wildman–Crippen LogP) is 1.88. The molecular weight excluding hydrogens is 286 g/mol. The zero-order valence-corrected chi connectivity index (χ0v) is 11.6. The Morgan fingerprint density at radius 1 is 1.23 bits per heavy atom. The molecule has 0 aliphatic rings. The quantitative estimate of drug-likeness (QED) is 0.741. The molecule has 0 saturated heterocycles. The van der Waals surface area contributed by atoms with Crippen LogP contribution in [-0.4, -0.2) is 28.2 Å². The lowest BCUT2D eigenvalue weighted by Gasteiger charge is -1.99. The van der Waals surface area contributed by atoms with Gasteiger partial charge in [-0.25, -0.2) is 4.79 Å². The average molecular weight is 297 g/mol. The van der Waals surface area contributed by atoms with Gasteiger partial charge >= 0.3 is 5.97 Å². The van der Waals surface area contributed by atoms with Crippen LogP contribution in [0.2, 0.25) is 0 Å². The number of carbonyl (C=O) groups is 1. The Bertz CT molecular complexity index is 865. The van der Waals surface area contributed by atoms with Gasteiger partial charge in [-0.2, -0.15) is 4.98 Å². The van der Waals surface area contributed by atoms with Gasteiger partial charge in [-0.15, -0.1) is 0 Å². The summed E-state index contributed by atoms with van der Waals surface area (Å²) < 4.78 is 9.79. The fourth-order valence-electron chi connectivity index (χ4n) is 1.91.